The number of carbonyl (C=O) groups is 1. The van der Waals surface area contributed by atoms with Crippen molar-refractivity contribution in [3.05, 3.63) is 58.9 Å². The zero-order chi connectivity index (χ0) is 17.1. The Balaban J connectivity index is 1.75. The first-order chi connectivity index (χ1) is 11.5. The number of phenols is 1. The van der Waals surface area contributed by atoms with Crippen LogP contribution in [0.25, 0.3) is 12.2 Å². The number of aromatic hydroxyl groups is 1. The van der Waals surface area contributed by atoms with E-state index < -0.39 is 5.82 Å². The molecular formula is C19H19FN2O2. The number of urea groups is 1. The van der Waals surface area contributed by atoms with Crippen molar-refractivity contribution >= 4 is 23.9 Å². The third kappa shape index (κ3) is 3.40. The molecule has 0 atom stereocenters. The van der Waals surface area contributed by atoms with Gasteiger partial charge in [0.15, 0.2) is 11.6 Å². The SMILES string of the molecule is Cc1cc(/C=C/c2ccc(N3CCCNC3=O)cc2)cc(F)c1O. The molecule has 2 amide bonds. The van der Waals surface area contributed by atoms with Crippen LogP contribution >= 0.6 is 0 Å². The van der Waals surface area contributed by atoms with Gasteiger partial charge in [-0.25, -0.2) is 9.18 Å². The van der Waals surface area contributed by atoms with E-state index in [0.29, 0.717) is 17.7 Å². The number of rotatable bonds is 3. The Bertz CT molecular complexity index is 761. The second-order valence-electron chi connectivity index (χ2n) is 5.83. The molecule has 2 aromatic carbocycles. The van der Waals surface area contributed by atoms with Gasteiger partial charge in [0.05, 0.1) is 0 Å². The van der Waals surface area contributed by atoms with Crippen LogP contribution in [0.4, 0.5) is 14.9 Å². The van der Waals surface area contributed by atoms with Crippen molar-refractivity contribution in [1.29, 1.82) is 0 Å². The quantitative estimate of drug-likeness (QED) is 0.840. The molecule has 1 saturated heterocycles. The van der Waals surface area contributed by atoms with Crippen LogP contribution in [0.3, 0.4) is 0 Å². The standard InChI is InChI=1S/C19H19FN2O2/c1-13-11-15(12-17(20)18(13)23)4-3-14-5-7-16(8-6-14)22-10-2-9-21-19(22)24/h3-8,11-12,23H,2,9-10H2,1H3,(H,21,24)/b4-3+. The fourth-order valence-corrected chi connectivity index (χ4v) is 2.69. The smallest absolute Gasteiger partial charge is 0.321 e. The number of hydrogen-bond acceptors (Lipinski definition) is 2. The van der Waals surface area contributed by atoms with Gasteiger partial charge in [-0.1, -0.05) is 24.3 Å². The number of nitrogens with zero attached hydrogens (tertiary/aromatic N) is 1. The Morgan fingerprint density at radius 3 is 2.54 bits per heavy atom. The lowest BCUT2D eigenvalue weighted by Gasteiger charge is -2.27. The van der Waals surface area contributed by atoms with Crippen molar-refractivity contribution in [1.82, 2.24) is 5.32 Å². The molecule has 0 spiro atoms. The number of phenolic OH excluding ortho intramolecular Hbond substituents is 1. The van der Waals surface area contributed by atoms with E-state index in [0.717, 1.165) is 24.2 Å². The van der Waals surface area contributed by atoms with Crippen LogP contribution in [0.1, 0.15) is 23.1 Å². The zero-order valence-electron chi connectivity index (χ0n) is 13.4. The molecule has 1 heterocycles. The summed E-state index contributed by atoms with van der Waals surface area (Å²) in [5, 5.41) is 12.3. The maximum Gasteiger partial charge on any atom is 0.321 e. The van der Waals surface area contributed by atoms with Gasteiger partial charge in [-0.15, -0.1) is 0 Å². The van der Waals surface area contributed by atoms with E-state index in [1.54, 1.807) is 24.0 Å². The van der Waals surface area contributed by atoms with E-state index in [2.05, 4.69) is 5.32 Å². The summed E-state index contributed by atoms with van der Waals surface area (Å²) < 4.78 is 13.5. The van der Waals surface area contributed by atoms with E-state index >= 15 is 0 Å². The summed E-state index contributed by atoms with van der Waals surface area (Å²) in [6.07, 6.45) is 4.59. The van der Waals surface area contributed by atoms with Crippen molar-refractivity contribution < 1.29 is 14.3 Å². The van der Waals surface area contributed by atoms with Crippen LogP contribution in [0.5, 0.6) is 5.75 Å². The van der Waals surface area contributed by atoms with Crippen molar-refractivity contribution in [2.75, 3.05) is 18.0 Å². The van der Waals surface area contributed by atoms with Gasteiger partial charge < -0.3 is 10.4 Å². The van der Waals surface area contributed by atoms with Crippen molar-refractivity contribution in [2.45, 2.75) is 13.3 Å². The van der Waals surface area contributed by atoms with Crippen LogP contribution in [0, 0.1) is 12.7 Å². The lowest BCUT2D eigenvalue weighted by Crippen LogP contribution is -2.46. The second kappa shape index (κ2) is 6.74. The van der Waals surface area contributed by atoms with E-state index in [-0.39, 0.29) is 11.8 Å². The van der Waals surface area contributed by atoms with Crippen LogP contribution in [-0.2, 0) is 0 Å². The lowest BCUT2D eigenvalue weighted by atomic mass is 10.1. The summed E-state index contributed by atoms with van der Waals surface area (Å²) in [7, 11) is 0. The molecule has 0 aromatic heterocycles. The predicted octanol–water partition coefficient (Wildman–Crippen LogP) is 3.93. The van der Waals surface area contributed by atoms with Gasteiger partial charge in [0.1, 0.15) is 0 Å². The maximum atomic E-state index is 13.5. The first-order valence-corrected chi connectivity index (χ1v) is 7.87. The van der Waals surface area contributed by atoms with E-state index in [4.69, 9.17) is 0 Å². The number of hydrogen-bond donors (Lipinski definition) is 2. The Labute approximate surface area is 140 Å². The van der Waals surface area contributed by atoms with Gasteiger partial charge in [-0.2, -0.15) is 0 Å². The van der Waals surface area contributed by atoms with Crippen molar-refractivity contribution in [2.24, 2.45) is 0 Å². The Morgan fingerprint density at radius 1 is 1.17 bits per heavy atom. The molecule has 2 aromatic rings. The Hall–Kier alpha value is -2.82. The highest BCUT2D eigenvalue weighted by molar-refractivity contribution is 5.92. The first kappa shape index (κ1) is 16.1. The topological polar surface area (TPSA) is 52.6 Å². The molecule has 0 radical (unpaired) electrons. The van der Waals surface area contributed by atoms with Crippen LogP contribution in [-0.4, -0.2) is 24.2 Å². The normalized spacial score (nSPS) is 14.9. The molecule has 3 rings (SSSR count). The lowest BCUT2D eigenvalue weighted by molar-refractivity contribution is 0.243. The number of anilines is 1. The molecule has 1 fully saturated rings. The largest absolute Gasteiger partial charge is 0.505 e. The van der Waals surface area contributed by atoms with Crippen molar-refractivity contribution in [3.8, 4) is 5.75 Å². The minimum Gasteiger partial charge on any atom is -0.505 e. The van der Waals surface area contributed by atoms with Crippen LogP contribution < -0.4 is 10.2 Å². The third-order valence-corrected chi connectivity index (χ3v) is 4.03. The molecule has 5 heteroatoms. The number of halogens is 1. The van der Waals surface area contributed by atoms with Gasteiger partial charge >= 0.3 is 6.03 Å². The molecule has 1 aliphatic heterocycles. The monoisotopic (exact) mass is 326 g/mol. The molecule has 2 N–H and O–H groups in total. The summed E-state index contributed by atoms with van der Waals surface area (Å²) in [5.41, 5.74) is 2.99. The minimum atomic E-state index is -0.624. The van der Waals surface area contributed by atoms with E-state index in [9.17, 15) is 14.3 Å². The minimum absolute atomic E-state index is 0.0698. The zero-order valence-corrected chi connectivity index (χ0v) is 13.4. The summed E-state index contributed by atoms with van der Waals surface area (Å²) in [5.74, 6) is -0.933. The predicted molar refractivity (Wildman–Crippen MR) is 93.5 cm³/mol. The average Bonchev–Trinajstić information content (AvgIpc) is 2.59. The maximum absolute atomic E-state index is 13.5. The van der Waals surface area contributed by atoms with Gasteiger partial charge in [-0.05, 0) is 54.3 Å². The number of benzene rings is 2. The molecule has 0 aliphatic carbocycles. The van der Waals surface area contributed by atoms with Gasteiger partial charge in [0.2, 0.25) is 0 Å². The van der Waals surface area contributed by atoms with Crippen LogP contribution in [0.15, 0.2) is 36.4 Å². The van der Waals surface area contributed by atoms with Gasteiger partial charge in [0.25, 0.3) is 0 Å². The van der Waals surface area contributed by atoms with Gasteiger partial charge in [-0.3, -0.25) is 4.90 Å². The number of nitrogens with one attached hydrogen (secondary N) is 1. The number of carbonyl (C=O) groups excluding carboxylic acids is 1. The highest BCUT2D eigenvalue weighted by Crippen LogP contribution is 2.24. The van der Waals surface area contributed by atoms with Gasteiger partial charge in [0, 0.05) is 18.8 Å². The summed E-state index contributed by atoms with van der Waals surface area (Å²) in [4.78, 5) is 13.5. The first-order valence-electron chi connectivity index (χ1n) is 7.87. The molecule has 0 bridgehead atoms. The summed E-state index contributed by atoms with van der Waals surface area (Å²) in [6, 6.07) is 10.6. The third-order valence-electron chi connectivity index (χ3n) is 4.03. The molecule has 1 aliphatic rings. The van der Waals surface area contributed by atoms with E-state index in [1.807, 2.05) is 30.3 Å². The molecule has 0 saturated carbocycles. The fraction of sp³-hybridized carbons (Fsp3) is 0.211. The molecular weight excluding hydrogens is 307 g/mol. The Morgan fingerprint density at radius 2 is 1.88 bits per heavy atom. The molecule has 0 unspecified atom stereocenters. The molecule has 124 valence electrons. The number of aryl methyl sites for hydroxylation is 1. The molecule has 24 heavy (non-hydrogen) atoms. The fourth-order valence-electron chi connectivity index (χ4n) is 2.69. The van der Waals surface area contributed by atoms with Crippen molar-refractivity contribution in [3.63, 3.8) is 0 Å². The average molecular weight is 326 g/mol. The Kier molecular flexibility index (Phi) is 4.51. The summed E-state index contributed by atoms with van der Waals surface area (Å²) >= 11 is 0. The second-order valence-corrected chi connectivity index (χ2v) is 5.83. The highest BCUT2D eigenvalue weighted by Gasteiger charge is 2.18. The van der Waals surface area contributed by atoms with E-state index in [1.165, 1.54) is 6.07 Å². The number of amides is 2. The molecule has 4 nitrogen and oxygen atoms in total. The summed E-state index contributed by atoms with van der Waals surface area (Å²) in [6.45, 7) is 3.10. The van der Waals surface area contributed by atoms with Crippen LogP contribution in [0.2, 0.25) is 0 Å². The highest BCUT2D eigenvalue weighted by atomic mass is 19.1.